The average molecular weight is 235 g/mol. The Bertz CT molecular complexity index is 550. The van der Waals surface area contributed by atoms with Crippen molar-refractivity contribution in [2.45, 2.75) is 13.0 Å². The molecule has 1 N–H and O–H groups in total. The van der Waals surface area contributed by atoms with Crippen molar-refractivity contribution < 1.29 is 14.6 Å². The summed E-state index contributed by atoms with van der Waals surface area (Å²) in [5.74, 6) is -0.998. The smallest absolute Gasteiger partial charge is 0.338 e. The maximum atomic E-state index is 11.0. The number of carboxylic acids is 1. The van der Waals surface area contributed by atoms with Crippen LogP contribution >= 0.6 is 0 Å². The molecule has 0 aliphatic heterocycles. The minimum atomic E-state index is -0.998. The first-order valence-corrected chi connectivity index (χ1v) is 5.21. The molecule has 0 aliphatic carbocycles. The summed E-state index contributed by atoms with van der Waals surface area (Å²) in [5.41, 5.74) is 1.27. The van der Waals surface area contributed by atoms with Gasteiger partial charge in [0.15, 0.2) is 0 Å². The van der Waals surface area contributed by atoms with Gasteiger partial charge in [0.05, 0.1) is 23.7 Å². The SMILES string of the molecule is COCC(C)n1nnc2c(C(=O)O)cccc21. The maximum absolute atomic E-state index is 11.0. The third-order valence-corrected chi connectivity index (χ3v) is 2.56. The largest absolute Gasteiger partial charge is 0.478 e. The second-order valence-corrected chi connectivity index (χ2v) is 3.82. The zero-order valence-corrected chi connectivity index (χ0v) is 9.62. The first-order chi connectivity index (χ1) is 8.15. The fourth-order valence-corrected chi connectivity index (χ4v) is 1.77. The molecule has 0 saturated carbocycles. The molecule has 1 aromatic heterocycles. The van der Waals surface area contributed by atoms with E-state index in [-0.39, 0.29) is 11.6 Å². The van der Waals surface area contributed by atoms with Gasteiger partial charge >= 0.3 is 5.97 Å². The second-order valence-electron chi connectivity index (χ2n) is 3.82. The Labute approximate surface area is 97.8 Å². The van der Waals surface area contributed by atoms with Crippen LogP contribution in [0.3, 0.4) is 0 Å². The van der Waals surface area contributed by atoms with Gasteiger partial charge in [-0.3, -0.25) is 0 Å². The first-order valence-electron chi connectivity index (χ1n) is 5.21. The first kappa shape index (κ1) is 11.5. The fourth-order valence-electron chi connectivity index (χ4n) is 1.77. The Morgan fingerprint density at radius 1 is 1.59 bits per heavy atom. The summed E-state index contributed by atoms with van der Waals surface area (Å²) in [4.78, 5) is 11.0. The van der Waals surface area contributed by atoms with Gasteiger partial charge in [-0.25, -0.2) is 9.48 Å². The van der Waals surface area contributed by atoms with Crippen LogP contribution in [0.1, 0.15) is 23.3 Å². The standard InChI is InChI=1S/C11H13N3O3/c1-7(6-17-2)14-9-5-3-4-8(11(15)16)10(9)12-13-14/h3-5,7H,6H2,1-2H3,(H,15,16). The van der Waals surface area contributed by atoms with E-state index < -0.39 is 5.97 Å². The van der Waals surface area contributed by atoms with E-state index in [2.05, 4.69) is 10.3 Å². The molecule has 0 amide bonds. The summed E-state index contributed by atoms with van der Waals surface area (Å²) in [6, 6.07) is 5.01. The molecule has 90 valence electrons. The van der Waals surface area contributed by atoms with Gasteiger partial charge in [-0.1, -0.05) is 11.3 Å². The van der Waals surface area contributed by atoms with Crippen molar-refractivity contribution >= 4 is 17.0 Å². The van der Waals surface area contributed by atoms with Gasteiger partial charge in [0.2, 0.25) is 0 Å². The molecule has 0 radical (unpaired) electrons. The number of carboxylic acid groups (broad SMARTS) is 1. The lowest BCUT2D eigenvalue weighted by molar-refractivity contribution is 0.0699. The highest BCUT2D eigenvalue weighted by Gasteiger charge is 2.16. The second kappa shape index (κ2) is 4.50. The highest BCUT2D eigenvalue weighted by Crippen LogP contribution is 2.19. The summed E-state index contributed by atoms with van der Waals surface area (Å²) < 4.78 is 6.72. The van der Waals surface area contributed by atoms with E-state index in [1.165, 1.54) is 6.07 Å². The van der Waals surface area contributed by atoms with Crippen LogP contribution in [0, 0.1) is 0 Å². The summed E-state index contributed by atoms with van der Waals surface area (Å²) >= 11 is 0. The minimum Gasteiger partial charge on any atom is -0.478 e. The van der Waals surface area contributed by atoms with Gasteiger partial charge in [-0.05, 0) is 19.1 Å². The average Bonchev–Trinajstić information content (AvgIpc) is 2.72. The Morgan fingerprint density at radius 2 is 2.35 bits per heavy atom. The number of benzene rings is 1. The molecule has 1 heterocycles. The van der Waals surface area contributed by atoms with Crippen molar-refractivity contribution in [1.82, 2.24) is 15.0 Å². The van der Waals surface area contributed by atoms with E-state index in [9.17, 15) is 4.79 Å². The Kier molecular flexibility index (Phi) is 3.06. The van der Waals surface area contributed by atoms with E-state index in [1.54, 1.807) is 23.9 Å². The zero-order chi connectivity index (χ0) is 12.4. The summed E-state index contributed by atoms with van der Waals surface area (Å²) in [7, 11) is 1.61. The number of ether oxygens (including phenoxy) is 1. The van der Waals surface area contributed by atoms with E-state index in [0.717, 1.165) is 0 Å². The minimum absolute atomic E-state index is 0.00837. The van der Waals surface area contributed by atoms with Crippen LogP contribution in [0.15, 0.2) is 18.2 Å². The summed E-state index contributed by atoms with van der Waals surface area (Å²) in [5, 5.41) is 16.9. The lowest BCUT2D eigenvalue weighted by atomic mass is 10.2. The van der Waals surface area contributed by atoms with E-state index in [1.807, 2.05) is 6.92 Å². The van der Waals surface area contributed by atoms with Crippen molar-refractivity contribution in [2.75, 3.05) is 13.7 Å². The molecule has 17 heavy (non-hydrogen) atoms. The molecule has 1 aromatic carbocycles. The van der Waals surface area contributed by atoms with Gasteiger partial charge in [0, 0.05) is 7.11 Å². The number of aromatic nitrogens is 3. The third-order valence-electron chi connectivity index (χ3n) is 2.56. The van der Waals surface area contributed by atoms with Gasteiger partial charge < -0.3 is 9.84 Å². The molecular formula is C11H13N3O3. The maximum Gasteiger partial charge on any atom is 0.338 e. The van der Waals surface area contributed by atoms with Crippen LogP contribution in [-0.2, 0) is 4.74 Å². The molecule has 1 unspecified atom stereocenters. The number of carbonyl (C=O) groups is 1. The molecule has 0 bridgehead atoms. The van der Waals surface area contributed by atoms with Crippen molar-refractivity contribution in [2.24, 2.45) is 0 Å². The highest BCUT2D eigenvalue weighted by molar-refractivity contribution is 6.00. The highest BCUT2D eigenvalue weighted by atomic mass is 16.5. The van der Waals surface area contributed by atoms with Gasteiger partial charge in [-0.15, -0.1) is 5.10 Å². The molecule has 6 heteroatoms. The van der Waals surface area contributed by atoms with E-state index in [4.69, 9.17) is 9.84 Å². The molecule has 2 aromatic rings. The number of hydrogen-bond acceptors (Lipinski definition) is 4. The topological polar surface area (TPSA) is 77.2 Å². The summed E-state index contributed by atoms with van der Waals surface area (Å²) in [6.45, 7) is 2.43. The van der Waals surface area contributed by atoms with Crippen molar-refractivity contribution in [1.29, 1.82) is 0 Å². The normalized spacial score (nSPS) is 12.8. The van der Waals surface area contributed by atoms with Crippen LogP contribution < -0.4 is 0 Å². The molecule has 2 rings (SSSR count). The molecule has 0 saturated heterocycles. The van der Waals surface area contributed by atoms with Crippen molar-refractivity contribution in [3.63, 3.8) is 0 Å². The number of fused-ring (bicyclic) bond motifs is 1. The molecule has 1 atom stereocenters. The van der Waals surface area contributed by atoms with E-state index >= 15 is 0 Å². The quantitative estimate of drug-likeness (QED) is 0.865. The fraction of sp³-hybridized carbons (Fsp3) is 0.364. The molecule has 6 nitrogen and oxygen atoms in total. The Hall–Kier alpha value is -1.95. The Morgan fingerprint density at radius 3 is 3.00 bits per heavy atom. The molecule has 0 fully saturated rings. The zero-order valence-electron chi connectivity index (χ0n) is 9.62. The van der Waals surface area contributed by atoms with Gasteiger partial charge in [0.25, 0.3) is 0 Å². The third kappa shape index (κ3) is 1.99. The van der Waals surface area contributed by atoms with Crippen LogP contribution in [-0.4, -0.2) is 39.8 Å². The van der Waals surface area contributed by atoms with Crippen LogP contribution in [0.5, 0.6) is 0 Å². The lowest BCUT2D eigenvalue weighted by Gasteiger charge is -2.10. The predicted octanol–water partition coefficient (Wildman–Crippen LogP) is 1.34. The lowest BCUT2D eigenvalue weighted by Crippen LogP contribution is -2.12. The molecular weight excluding hydrogens is 222 g/mol. The number of hydrogen-bond donors (Lipinski definition) is 1. The van der Waals surface area contributed by atoms with Gasteiger partial charge in [0.1, 0.15) is 5.52 Å². The van der Waals surface area contributed by atoms with Gasteiger partial charge in [-0.2, -0.15) is 0 Å². The summed E-state index contributed by atoms with van der Waals surface area (Å²) in [6.07, 6.45) is 0. The predicted molar refractivity (Wildman–Crippen MR) is 61.1 cm³/mol. The molecule has 0 spiro atoms. The number of nitrogens with zero attached hydrogens (tertiary/aromatic N) is 3. The van der Waals surface area contributed by atoms with E-state index in [0.29, 0.717) is 17.6 Å². The number of rotatable bonds is 4. The van der Waals surface area contributed by atoms with Crippen molar-refractivity contribution in [3.05, 3.63) is 23.8 Å². The van der Waals surface area contributed by atoms with Crippen LogP contribution in [0.4, 0.5) is 0 Å². The van der Waals surface area contributed by atoms with Crippen LogP contribution in [0.2, 0.25) is 0 Å². The number of methoxy groups -OCH3 is 1. The number of aromatic carboxylic acids is 1. The monoisotopic (exact) mass is 235 g/mol. The van der Waals surface area contributed by atoms with Crippen LogP contribution in [0.25, 0.3) is 11.0 Å². The van der Waals surface area contributed by atoms with Crippen molar-refractivity contribution in [3.8, 4) is 0 Å². The molecule has 0 aliphatic rings. The Balaban J connectivity index is 2.54.